The maximum atomic E-state index is 6.75. The second-order valence-corrected chi connectivity index (χ2v) is 12.9. The molecular formula is C28H38N4. The first-order valence-corrected chi connectivity index (χ1v) is 13.3. The number of nitrogens with zero attached hydrogens (tertiary/aromatic N) is 2. The maximum absolute atomic E-state index is 6.75. The predicted octanol–water partition coefficient (Wildman–Crippen LogP) is 6.10. The Morgan fingerprint density at radius 1 is 0.594 bits per heavy atom. The highest BCUT2D eigenvalue weighted by Crippen LogP contribution is 2.61. The molecule has 4 nitrogen and oxygen atoms in total. The smallest absolute Gasteiger partial charge is 0.106 e. The molecule has 0 spiro atoms. The number of nitrogens with two attached hydrogens (primary N) is 2. The first-order valence-electron chi connectivity index (χ1n) is 13.3. The van der Waals surface area contributed by atoms with Crippen molar-refractivity contribution in [3.8, 4) is 0 Å². The minimum absolute atomic E-state index is 0.159. The average molecular weight is 431 g/mol. The van der Waals surface area contributed by atoms with E-state index in [1.165, 1.54) is 77.0 Å². The van der Waals surface area contributed by atoms with Crippen molar-refractivity contribution in [2.45, 2.75) is 77.0 Å². The van der Waals surface area contributed by atoms with Crippen LogP contribution in [0.15, 0.2) is 34.3 Å². The van der Waals surface area contributed by atoms with E-state index in [0.717, 1.165) is 58.6 Å². The number of aliphatic imine (C=N–C) groups is 2. The van der Waals surface area contributed by atoms with Crippen molar-refractivity contribution in [1.82, 2.24) is 0 Å². The fourth-order valence-electron chi connectivity index (χ4n) is 10.00. The molecule has 0 aliphatic heterocycles. The molecule has 8 fully saturated rings. The second kappa shape index (κ2) is 6.84. The summed E-state index contributed by atoms with van der Waals surface area (Å²) in [5, 5.41) is 0. The van der Waals surface area contributed by atoms with Crippen molar-refractivity contribution in [1.29, 1.82) is 0 Å². The van der Waals surface area contributed by atoms with Gasteiger partial charge in [-0.15, -0.1) is 0 Å². The van der Waals surface area contributed by atoms with Gasteiger partial charge in [0.1, 0.15) is 11.7 Å². The summed E-state index contributed by atoms with van der Waals surface area (Å²) < 4.78 is 0. The van der Waals surface area contributed by atoms with Crippen LogP contribution in [0.4, 0.5) is 11.4 Å². The first-order chi connectivity index (χ1) is 15.5. The van der Waals surface area contributed by atoms with E-state index in [2.05, 4.69) is 24.3 Å². The number of benzene rings is 1. The minimum Gasteiger partial charge on any atom is -0.387 e. The fraction of sp³-hybridized carbons (Fsp3) is 0.714. The van der Waals surface area contributed by atoms with Gasteiger partial charge in [-0.25, -0.2) is 9.98 Å². The molecule has 32 heavy (non-hydrogen) atoms. The van der Waals surface area contributed by atoms with E-state index in [1.54, 1.807) is 0 Å². The summed E-state index contributed by atoms with van der Waals surface area (Å²) in [5.74, 6) is 7.05. The van der Waals surface area contributed by atoms with Gasteiger partial charge in [0.05, 0.1) is 11.4 Å². The Labute approximate surface area is 192 Å². The van der Waals surface area contributed by atoms with Gasteiger partial charge >= 0.3 is 0 Å². The monoisotopic (exact) mass is 430 g/mol. The zero-order chi connectivity index (χ0) is 21.5. The number of hydrogen-bond donors (Lipinski definition) is 2. The molecule has 9 rings (SSSR count). The van der Waals surface area contributed by atoms with Gasteiger partial charge in [-0.05, 0) is 131 Å². The van der Waals surface area contributed by atoms with Crippen LogP contribution < -0.4 is 11.5 Å². The lowest BCUT2D eigenvalue weighted by atomic mass is 9.49. The van der Waals surface area contributed by atoms with Crippen LogP contribution in [0.5, 0.6) is 0 Å². The topological polar surface area (TPSA) is 76.8 Å². The molecule has 4 heteroatoms. The molecule has 8 bridgehead atoms. The lowest BCUT2D eigenvalue weighted by molar-refractivity contribution is -0.0130. The van der Waals surface area contributed by atoms with Gasteiger partial charge in [0.25, 0.3) is 0 Å². The molecule has 0 heterocycles. The molecule has 0 aromatic heterocycles. The predicted molar refractivity (Wildman–Crippen MR) is 130 cm³/mol. The SMILES string of the molecule is NC(=Nc1cccc(N=C(N)C23CC4CC(CC(C4)C2)C3)c1)C12CC3CC(CC(C3)C1)C2. The number of hydrogen-bond acceptors (Lipinski definition) is 2. The first kappa shape index (κ1) is 19.6. The maximum Gasteiger partial charge on any atom is 0.106 e. The van der Waals surface area contributed by atoms with Crippen LogP contribution in [0.3, 0.4) is 0 Å². The Hall–Kier alpha value is -1.84. The molecule has 1 aromatic rings. The third kappa shape index (κ3) is 3.08. The number of rotatable bonds is 4. The summed E-state index contributed by atoms with van der Waals surface area (Å²) in [6, 6.07) is 8.32. The van der Waals surface area contributed by atoms with E-state index in [9.17, 15) is 0 Å². The third-order valence-electron chi connectivity index (χ3n) is 10.5. The molecule has 0 unspecified atom stereocenters. The van der Waals surface area contributed by atoms with Crippen LogP contribution in [0.2, 0.25) is 0 Å². The summed E-state index contributed by atoms with van der Waals surface area (Å²) in [7, 11) is 0. The Balaban J connectivity index is 1.15. The minimum atomic E-state index is 0.159. The van der Waals surface area contributed by atoms with E-state index >= 15 is 0 Å². The standard InChI is InChI=1S/C28H38N4/c29-25(27-11-17-4-18(12-27)6-19(5-17)13-27)31-23-2-1-3-24(10-23)32-26(30)28-14-20-7-21(15-28)9-22(8-20)16-28/h1-3,10,17-22H,4-9,11-16H2,(H2,29,31)(H2,30,32). The summed E-state index contributed by atoms with van der Waals surface area (Å²) in [5.41, 5.74) is 15.7. The molecule has 8 aliphatic rings. The summed E-state index contributed by atoms with van der Waals surface area (Å²) in [4.78, 5) is 9.99. The van der Waals surface area contributed by atoms with E-state index in [1.807, 2.05) is 0 Å². The lowest BCUT2D eigenvalue weighted by Crippen LogP contribution is -2.52. The van der Waals surface area contributed by atoms with Crippen LogP contribution in [0.25, 0.3) is 0 Å². The molecule has 1 aromatic carbocycles. The summed E-state index contributed by atoms with van der Waals surface area (Å²) >= 11 is 0. The normalized spacial score (nSPS) is 46.8. The highest BCUT2D eigenvalue weighted by atomic mass is 14.9. The van der Waals surface area contributed by atoms with E-state index in [4.69, 9.17) is 21.5 Å². The molecule has 8 aliphatic carbocycles. The van der Waals surface area contributed by atoms with Gasteiger partial charge in [-0.3, -0.25) is 0 Å². The number of amidine groups is 2. The summed E-state index contributed by atoms with van der Waals surface area (Å²) in [6.07, 6.45) is 16.1. The van der Waals surface area contributed by atoms with Crippen molar-refractivity contribution in [3.63, 3.8) is 0 Å². The van der Waals surface area contributed by atoms with Crippen molar-refractivity contribution in [2.75, 3.05) is 0 Å². The fourth-order valence-corrected chi connectivity index (χ4v) is 10.00. The van der Waals surface area contributed by atoms with Gasteiger partial charge in [0.15, 0.2) is 0 Å². The molecule has 4 N–H and O–H groups in total. The third-order valence-corrected chi connectivity index (χ3v) is 10.5. The molecule has 0 atom stereocenters. The van der Waals surface area contributed by atoms with Crippen molar-refractivity contribution in [2.24, 2.45) is 67.8 Å². The van der Waals surface area contributed by atoms with Gasteiger partial charge in [0, 0.05) is 10.8 Å². The zero-order valence-electron chi connectivity index (χ0n) is 19.3. The Kier molecular flexibility index (Phi) is 4.19. The van der Waals surface area contributed by atoms with Crippen molar-refractivity contribution >= 4 is 23.0 Å². The molecule has 0 radical (unpaired) electrons. The summed E-state index contributed by atoms with van der Waals surface area (Å²) in [6.45, 7) is 0. The largest absolute Gasteiger partial charge is 0.387 e. The van der Waals surface area contributed by atoms with Gasteiger partial charge in [-0.2, -0.15) is 0 Å². The highest BCUT2D eigenvalue weighted by molar-refractivity contribution is 5.91. The Bertz CT molecular complexity index is 843. The quantitative estimate of drug-likeness (QED) is 0.447. The van der Waals surface area contributed by atoms with Crippen LogP contribution >= 0.6 is 0 Å². The average Bonchev–Trinajstić information content (AvgIpc) is 2.72. The van der Waals surface area contributed by atoms with Gasteiger partial charge in [0.2, 0.25) is 0 Å². The molecule has 170 valence electrons. The van der Waals surface area contributed by atoms with Gasteiger partial charge in [-0.1, -0.05) is 6.07 Å². The van der Waals surface area contributed by atoms with E-state index in [0.29, 0.717) is 0 Å². The Morgan fingerprint density at radius 2 is 0.906 bits per heavy atom. The van der Waals surface area contributed by atoms with E-state index in [-0.39, 0.29) is 10.8 Å². The van der Waals surface area contributed by atoms with Crippen LogP contribution in [0, 0.1) is 46.3 Å². The van der Waals surface area contributed by atoms with E-state index < -0.39 is 0 Å². The molecule has 0 saturated heterocycles. The van der Waals surface area contributed by atoms with Crippen LogP contribution in [0.1, 0.15) is 77.0 Å². The second-order valence-electron chi connectivity index (χ2n) is 12.9. The lowest BCUT2D eigenvalue weighted by Gasteiger charge is -2.56. The molecule has 8 saturated carbocycles. The van der Waals surface area contributed by atoms with Crippen molar-refractivity contribution in [3.05, 3.63) is 24.3 Å². The van der Waals surface area contributed by atoms with Crippen molar-refractivity contribution < 1.29 is 0 Å². The highest BCUT2D eigenvalue weighted by Gasteiger charge is 2.54. The zero-order valence-corrected chi connectivity index (χ0v) is 19.3. The van der Waals surface area contributed by atoms with Crippen LogP contribution in [-0.2, 0) is 0 Å². The molecule has 0 amide bonds. The van der Waals surface area contributed by atoms with Crippen LogP contribution in [-0.4, -0.2) is 11.7 Å². The van der Waals surface area contributed by atoms with Gasteiger partial charge < -0.3 is 11.5 Å². The Morgan fingerprint density at radius 3 is 1.22 bits per heavy atom. The molecular weight excluding hydrogens is 392 g/mol.